The van der Waals surface area contributed by atoms with Crippen molar-refractivity contribution >= 4 is 11.5 Å². The Balaban J connectivity index is 1.78. The number of anilines is 1. The van der Waals surface area contributed by atoms with Crippen LogP contribution in [0.3, 0.4) is 0 Å². The smallest absolute Gasteiger partial charge is 0.304 e. The number of hydrogen-bond acceptors (Lipinski definition) is 6. The van der Waals surface area contributed by atoms with E-state index in [0.29, 0.717) is 30.2 Å². The number of benzene rings is 1. The van der Waals surface area contributed by atoms with Crippen molar-refractivity contribution in [1.29, 1.82) is 5.26 Å². The second-order valence-corrected chi connectivity index (χ2v) is 8.98. The van der Waals surface area contributed by atoms with E-state index in [1.165, 1.54) is 20.0 Å². The van der Waals surface area contributed by atoms with Gasteiger partial charge in [-0.05, 0) is 51.3 Å². The highest BCUT2D eigenvalue weighted by molar-refractivity contribution is 5.82. The number of nitrogens with two attached hydrogens (primary N) is 1. The first kappa shape index (κ1) is 23.0. The monoisotopic (exact) mass is 461 g/mol. The Morgan fingerprint density at radius 1 is 1.18 bits per heavy atom. The van der Waals surface area contributed by atoms with Crippen molar-refractivity contribution in [2.24, 2.45) is 10.7 Å². The van der Waals surface area contributed by atoms with Gasteiger partial charge in [-0.2, -0.15) is 5.26 Å². The molecule has 6 nitrogen and oxygen atoms in total. The topological polar surface area (TPSA) is 96.3 Å². The number of nitrogens with zero attached hydrogens (tertiary/aromatic N) is 3. The van der Waals surface area contributed by atoms with Gasteiger partial charge in [0.1, 0.15) is 35.7 Å². The molecule has 0 spiro atoms. The highest BCUT2D eigenvalue weighted by Crippen LogP contribution is 2.51. The molecule has 2 atom stereocenters. The summed E-state index contributed by atoms with van der Waals surface area (Å²) in [7, 11) is 0. The highest BCUT2D eigenvalue weighted by atomic mass is 19.3. The molecule has 0 fully saturated rings. The number of halogens is 4. The number of nitrogens with one attached hydrogen (secondary N) is 1. The molecular formula is C23H23F4N5O. The number of aromatic nitrogens is 1. The van der Waals surface area contributed by atoms with Crippen LogP contribution in [0.1, 0.15) is 55.6 Å². The van der Waals surface area contributed by atoms with Crippen LogP contribution in [-0.4, -0.2) is 29.0 Å². The van der Waals surface area contributed by atoms with Crippen LogP contribution in [0.25, 0.3) is 0 Å². The van der Waals surface area contributed by atoms with Crippen molar-refractivity contribution in [3.8, 4) is 6.07 Å². The van der Waals surface area contributed by atoms with Gasteiger partial charge >= 0.3 is 5.92 Å². The number of pyridine rings is 1. The van der Waals surface area contributed by atoms with Gasteiger partial charge in [-0.25, -0.2) is 17.6 Å². The number of hydrogen-bond donors (Lipinski definition) is 2. The minimum absolute atomic E-state index is 0.163. The fourth-order valence-corrected chi connectivity index (χ4v) is 4.44. The van der Waals surface area contributed by atoms with Crippen LogP contribution < -0.4 is 11.1 Å². The van der Waals surface area contributed by atoms with Crippen LogP contribution >= 0.6 is 0 Å². The summed E-state index contributed by atoms with van der Waals surface area (Å²) in [5, 5.41) is 12.0. The number of aryl methyl sites for hydroxylation is 1. The fraction of sp³-hybridized carbons (Fsp3) is 0.435. The molecule has 2 heterocycles. The number of fused-ring (bicyclic) bond motifs is 1. The van der Waals surface area contributed by atoms with Gasteiger partial charge in [0.25, 0.3) is 0 Å². The second-order valence-electron chi connectivity index (χ2n) is 8.98. The van der Waals surface area contributed by atoms with Crippen molar-refractivity contribution in [2.45, 2.75) is 56.7 Å². The summed E-state index contributed by atoms with van der Waals surface area (Å²) in [6, 6.07) is 4.87. The number of amidine groups is 1. The lowest BCUT2D eigenvalue weighted by Crippen LogP contribution is -2.56. The van der Waals surface area contributed by atoms with Crippen LogP contribution in [0.4, 0.5) is 23.2 Å². The number of aliphatic imine (C=N–C) groups is 1. The number of rotatable bonds is 3. The predicted octanol–water partition coefficient (Wildman–Crippen LogP) is 4.35. The summed E-state index contributed by atoms with van der Waals surface area (Å²) < 4.78 is 66.2. The van der Waals surface area contributed by atoms with E-state index in [-0.39, 0.29) is 18.1 Å². The van der Waals surface area contributed by atoms with E-state index < -0.39 is 40.3 Å². The Hall–Kier alpha value is -3.19. The number of alkyl halides is 2. The molecule has 10 heteroatoms. The maximum atomic E-state index is 15.6. The third kappa shape index (κ3) is 3.60. The van der Waals surface area contributed by atoms with Gasteiger partial charge in [-0.3, -0.25) is 9.98 Å². The van der Waals surface area contributed by atoms with Crippen molar-refractivity contribution in [3.63, 3.8) is 0 Å². The minimum atomic E-state index is -3.69. The van der Waals surface area contributed by atoms with Crippen molar-refractivity contribution in [2.75, 3.05) is 11.9 Å². The normalized spacial score (nSPS) is 25.5. The summed E-state index contributed by atoms with van der Waals surface area (Å²) >= 11 is 0. The van der Waals surface area contributed by atoms with E-state index in [9.17, 15) is 8.78 Å². The Morgan fingerprint density at radius 3 is 2.61 bits per heavy atom. The first-order valence-electron chi connectivity index (χ1n) is 10.4. The summed E-state index contributed by atoms with van der Waals surface area (Å²) in [4.78, 5) is 8.22. The van der Waals surface area contributed by atoms with E-state index in [1.807, 2.05) is 6.07 Å². The van der Waals surface area contributed by atoms with Gasteiger partial charge in [0.15, 0.2) is 5.54 Å². The molecule has 1 aliphatic carbocycles. The van der Waals surface area contributed by atoms with Crippen molar-refractivity contribution in [3.05, 3.63) is 58.4 Å². The standard InChI is InChI=1S/C23H23F4N5O/c1-21(2)23(26,27)22(3,32-19(29)11-33-21)14-7-18(16(25)8-15(14)24)31-17-5-4-13-6-12(9-28)10-30-20(13)17/h6-8,10,17,31H,4-5,11H2,1-3H3,(H2,29,32)/t17-,22+/m0/s1. The van der Waals surface area contributed by atoms with Gasteiger partial charge < -0.3 is 15.8 Å². The van der Waals surface area contributed by atoms with Gasteiger partial charge in [-0.1, -0.05) is 0 Å². The largest absolute Gasteiger partial charge is 0.385 e. The molecule has 2 aromatic rings. The van der Waals surface area contributed by atoms with Gasteiger partial charge in [0.2, 0.25) is 0 Å². The van der Waals surface area contributed by atoms with Crippen molar-refractivity contribution in [1.82, 2.24) is 4.98 Å². The zero-order valence-corrected chi connectivity index (χ0v) is 18.3. The molecule has 33 heavy (non-hydrogen) atoms. The molecule has 1 aromatic heterocycles. The quantitative estimate of drug-likeness (QED) is 0.663. The molecule has 0 saturated carbocycles. The van der Waals surface area contributed by atoms with Crippen LogP contribution in [0, 0.1) is 23.0 Å². The molecule has 2 aliphatic rings. The number of nitriles is 1. The zero-order valence-electron chi connectivity index (χ0n) is 18.3. The van der Waals surface area contributed by atoms with Crippen LogP contribution in [0.15, 0.2) is 29.4 Å². The lowest BCUT2D eigenvalue weighted by atomic mass is 9.78. The Morgan fingerprint density at radius 2 is 1.91 bits per heavy atom. The Kier molecular flexibility index (Phi) is 5.36. The lowest BCUT2D eigenvalue weighted by molar-refractivity contribution is -0.214. The molecule has 1 aliphatic heterocycles. The van der Waals surface area contributed by atoms with Gasteiger partial charge in [0, 0.05) is 17.8 Å². The molecule has 0 saturated heterocycles. The van der Waals surface area contributed by atoms with Crippen LogP contribution in [0.5, 0.6) is 0 Å². The summed E-state index contributed by atoms with van der Waals surface area (Å²) in [5.41, 5.74) is 2.50. The minimum Gasteiger partial charge on any atom is -0.385 e. The summed E-state index contributed by atoms with van der Waals surface area (Å²) in [6.07, 6.45) is 2.56. The lowest BCUT2D eigenvalue weighted by Gasteiger charge is -2.42. The van der Waals surface area contributed by atoms with E-state index in [4.69, 9.17) is 15.7 Å². The first-order chi connectivity index (χ1) is 15.4. The Labute approximate surface area is 188 Å². The van der Waals surface area contributed by atoms with E-state index >= 15 is 8.78 Å². The third-order valence-electron chi connectivity index (χ3n) is 6.39. The second kappa shape index (κ2) is 7.70. The molecule has 0 radical (unpaired) electrons. The molecule has 4 rings (SSSR count). The average molecular weight is 461 g/mol. The van der Waals surface area contributed by atoms with E-state index in [2.05, 4.69) is 15.3 Å². The predicted molar refractivity (Wildman–Crippen MR) is 114 cm³/mol. The van der Waals surface area contributed by atoms with Crippen molar-refractivity contribution < 1.29 is 22.3 Å². The van der Waals surface area contributed by atoms with E-state index in [1.54, 1.807) is 6.07 Å². The van der Waals surface area contributed by atoms with Gasteiger partial charge in [-0.15, -0.1) is 0 Å². The maximum absolute atomic E-state index is 15.6. The molecule has 1 aromatic carbocycles. The van der Waals surface area contributed by atoms with Crippen LogP contribution in [0.2, 0.25) is 0 Å². The Bertz CT molecular complexity index is 1190. The maximum Gasteiger partial charge on any atom is 0.304 e. The molecule has 0 bridgehead atoms. The summed E-state index contributed by atoms with van der Waals surface area (Å²) in [5.74, 6) is -6.01. The average Bonchev–Trinajstić information content (AvgIpc) is 3.13. The highest BCUT2D eigenvalue weighted by Gasteiger charge is 2.64. The molecule has 0 amide bonds. The van der Waals surface area contributed by atoms with E-state index in [0.717, 1.165) is 18.6 Å². The molecule has 0 unspecified atom stereocenters. The molecular weight excluding hydrogens is 438 g/mol. The third-order valence-corrected chi connectivity index (χ3v) is 6.39. The molecule has 3 N–H and O–H groups in total. The zero-order chi connectivity index (χ0) is 24.2. The van der Waals surface area contributed by atoms with Crippen LogP contribution in [-0.2, 0) is 16.7 Å². The fourth-order valence-electron chi connectivity index (χ4n) is 4.44. The first-order valence-corrected chi connectivity index (χ1v) is 10.4. The van der Waals surface area contributed by atoms with Gasteiger partial charge in [0.05, 0.1) is 23.0 Å². The number of ether oxygens (including phenoxy) is 1. The SMILES string of the molecule is CC1(C)OCC(N)=N[C@](C)(c2cc(N[C@H]3CCc4cc(C#N)cnc43)c(F)cc2F)C1(F)F. The summed E-state index contributed by atoms with van der Waals surface area (Å²) in [6.45, 7) is 3.07. The molecule has 174 valence electrons.